The molecule has 1 saturated heterocycles. The molecule has 26 heavy (non-hydrogen) atoms. The molecule has 1 aromatic carbocycles. The molecule has 0 atom stereocenters. The zero-order valence-corrected chi connectivity index (χ0v) is 15.2. The third-order valence-corrected chi connectivity index (χ3v) is 4.06. The highest BCUT2D eigenvalue weighted by molar-refractivity contribution is 5.78. The van der Waals surface area contributed by atoms with Gasteiger partial charge in [0.15, 0.2) is 0 Å². The van der Waals surface area contributed by atoms with Gasteiger partial charge < -0.3 is 10.6 Å². The summed E-state index contributed by atoms with van der Waals surface area (Å²) in [5.74, 6) is -1.51. The van der Waals surface area contributed by atoms with Crippen LogP contribution in [-0.4, -0.2) is 66.9 Å². The highest BCUT2D eigenvalue weighted by atomic mass is 19.1. The number of carbonyl (C=O) groups is 2. The number of halogens is 2. The number of piperazine rings is 1. The van der Waals surface area contributed by atoms with Crippen LogP contribution in [0.5, 0.6) is 0 Å². The van der Waals surface area contributed by atoms with E-state index in [1.807, 2.05) is 18.7 Å². The summed E-state index contributed by atoms with van der Waals surface area (Å²) in [6.07, 6.45) is 0. The van der Waals surface area contributed by atoms with Crippen molar-refractivity contribution in [3.8, 4) is 0 Å². The van der Waals surface area contributed by atoms with Crippen molar-refractivity contribution < 1.29 is 18.4 Å². The van der Waals surface area contributed by atoms with Gasteiger partial charge in [-0.15, -0.1) is 0 Å². The van der Waals surface area contributed by atoms with E-state index in [-0.39, 0.29) is 30.9 Å². The lowest BCUT2D eigenvalue weighted by atomic mass is 10.2. The zero-order chi connectivity index (χ0) is 19.1. The van der Waals surface area contributed by atoms with Gasteiger partial charge in [0.2, 0.25) is 11.8 Å². The molecule has 1 aromatic rings. The van der Waals surface area contributed by atoms with Crippen molar-refractivity contribution >= 4 is 11.8 Å². The number of nitrogens with one attached hydrogen (secondary N) is 2. The molecule has 1 heterocycles. The molecule has 2 rings (SSSR count). The number of benzene rings is 1. The Morgan fingerprint density at radius 2 is 1.46 bits per heavy atom. The standard InChI is InChI=1S/C18H26F2N4O2/c1-13(2)22-18(26)12-24-5-3-23(4-6-24)11-17(25)21-10-14-7-15(19)9-16(20)8-14/h7-9,13H,3-6,10-12H2,1-2H3,(H,21,25)(H,22,26). The van der Waals surface area contributed by atoms with Crippen LogP contribution in [0.1, 0.15) is 19.4 Å². The van der Waals surface area contributed by atoms with Gasteiger partial charge in [0.05, 0.1) is 13.1 Å². The molecule has 144 valence electrons. The largest absolute Gasteiger partial charge is 0.353 e. The van der Waals surface area contributed by atoms with Gasteiger partial charge in [-0.1, -0.05) is 0 Å². The van der Waals surface area contributed by atoms with E-state index < -0.39 is 11.6 Å². The first-order valence-electron chi connectivity index (χ1n) is 8.77. The van der Waals surface area contributed by atoms with Crippen LogP contribution in [0.3, 0.4) is 0 Å². The van der Waals surface area contributed by atoms with Crippen molar-refractivity contribution in [2.75, 3.05) is 39.3 Å². The molecule has 2 N–H and O–H groups in total. The fraction of sp³-hybridized carbons (Fsp3) is 0.556. The maximum atomic E-state index is 13.1. The Hall–Kier alpha value is -2.06. The van der Waals surface area contributed by atoms with Gasteiger partial charge in [-0.2, -0.15) is 0 Å². The van der Waals surface area contributed by atoms with Crippen LogP contribution in [0.4, 0.5) is 8.78 Å². The first-order valence-corrected chi connectivity index (χ1v) is 8.77. The first-order chi connectivity index (χ1) is 12.3. The van der Waals surface area contributed by atoms with Gasteiger partial charge in [-0.3, -0.25) is 19.4 Å². The zero-order valence-electron chi connectivity index (χ0n) is 15.2. The second-order valence-electron chi connectivity index (χ2n) is 6.83. The molecule has 0 radical (unpaired) electrons. The van der Waals surface area contributed by atoms with E-state index in [1.54, 1.807) is 0 Å². The Kier molecular flexibility index (Phi) is 7.47. The van der Waals surface area contributed by atoms with E-state index in [0.29, 0.717) is 38.3 Å². The molecule has 6 nitrogen and oxygen atoms in total. The van der Waals surface area contributed by atoms with Gasteiger partial charge in [-0.25, -0.2) is 8.78 Å². The SMILES string of the molecule is CC(C)NC(=O)CN1CCN(CC(=O)NCc2cc(F)cc(F)c2)CC1. The highest BCUT2D eigenvalue weighted by Crippen LogP contribution is 2.07. The molecule has 1 aliphatic heterocycles. The van der Waals surface area contributed by atoms with Gasteiger partial charge in [-0.05, 0) is 31.5 Å². The number of hydrogen-bond donors (Lipinski definition) is 2. The molecule has 0 spiro atoms. The molecular weight excluding hydrogens is 342 g/mol. The summed E-state index contributed by atoms with van der Waals surface area (Å²) < 4.78 is 26.3. The van der Waals surface area contributed by atoms with Gasteiger partial charge in [0.25, 0.3) is 0 Å². The summed E-state index contributed by atoms with van der Waals surface area (Å²) in [7, 11) is 0. The topological polar surface area (TPSA) is 64.7 Å². The molecule has 0 aliphatic carbocycles. The minimum atomic E-state index is -0.660. The second-order valence-corrected chi connectivity index (χ2v) is 6.83. The van der Waals surface area contributed by atoms with Crippen molar-refractivity contribution in [2.24, 2.45) is 0 Å². The van der Waals surface area contributed by atoms with Crippen molar-refractivity contribution in [3.05, 3.63) is 35.4 Å². The average molecular weight is 368 g/mol. The van der Waals surface area contributed by atoms with E-state index in [0.717, 1.165) is 6.07 Å². The van der Waals surface area contributed by atoms with Crippen LogP contribution >= 0.6 is 0 Å². The summed E-state index contributed by atoms with van der Waals surface area (Å²) in [4.78, 5) is 27.8. The van der Waals surface area contributed by atoms with Crippen LogP contribution in [0.25, 0.3) is 0 Å². The summed E-state index contributed by atoms with van der Waals surface area (Å²) in [5.41, 5.74) is 0.386. The van der Waals surface area contributed by atoms with E-state index in [9.17, 15) is 18.4 Å². The van der Waals surface area contributed by atoms with Crippen molar-refractivity contribution in [2.45, 2.75) is 26.4 Å². The molecule has 8 heteroatoms. The van der Waals surface area contributed by atoms with E-state index >= 15 is 0 Å². The summed E-state index contributed by atoms with van der Waals surface area (Å²) in [6, 6.07) is 3.32. The first kappa shape index (κ1) is 20.3. The van der Waals surface area contributed by atoms with Crippen LogP contribution in [0.2, 0.25) is 0 Å². The number of amides is 2. The molecule has 0 aromatic heterocycles. The lowest BCUT2D eigenvalue weighted by molar-refractivity contribution is -0.125. The summed E-state index contributed by atoms with van der Waals surface area (Å²) in [6.45, 7) is 7.34. The lowest BCUT2D eigenvalue weighted by Crippen LogP contribution is -2.51. The van der Waals surface area contributed by atoms with E-state index in [1.165, 1.54) is 12.1 Å². The Bertz CT molecular complexity index is 611. The smallest absolute Gasteiger partial charge is 0.234 e. The highest BCUT2D eigenvalue weighted by Gasteiger charge is 2.20. The number of rotatable bonds is 7. The third kappa shape index (κ3) is 7.05. The minimum Gasteiger partial charge on any atom is -0.353 e. The number of hydrogen-bond acceptors (Lipinski definition) is 4. The predicted octanol–water partition coefficient (Wildman–Crippen LogP) is 0.723. The lowest BCUT2D eigenvalue weighted by Gasteiger charge is -2.33. The molecule has 0 saturated carbocycles. The van der Waals surface area contributed by atoms with E-state index in [4.69, 9.17) is 0 Å². The second kappa shape index (κ2) is 9.59. The van der Waals surface area contributed by atoms with Crippen molar-refractivity contribution in [1.29, 1.82) is 0 Å². The maximum absolute atomic E-state index is 13.1. The molecule has 1 fully saturated rings. The quantitative estimate of drug-likeness (QED) is 0.745. The van der Waals surface area contributed by atoms with Gasteiger partial charge >= 0.3 is 0 Å². The maximum Gasteiger partial charge on any atom is 0.234 e. The van der Waals surface area contributed by atoms with Crippen LogP contribution in [-0.2, 0) is 16.1 Å². The molecule has 0 unspecified atom stereocenters. The number of carbonyl (C=O) groups excluding carboxylic acids is 2. The van der Waals surface area contributed by atoms with Crippen LogP contribution in [0, 0.1) is 11.6 Å². The Labute approximate surface area is 152 Å². The normalized spacial score (nSPS) is 15.9. The monoisotopic (exact) mass is 368 g/mol. The fourth-order valence-electron chi connectivity index (χ4n) is 2.85. The summed E-state index contributed by atoms with van der Waals surface area (Å²) >= 11 is 0. The van der Waals surface area contributed by atoms with Gasteiger partial charge in [0.1, 0.15) is 11.6 Å². The minimum absolute atomic E-state index is 0.00789. The summed E-state index contributed by atoms with van der Waals surface area (Å²) in [5, 5.41) is 5.54. The fourth-order valence-corrected chi connectivity index (χ4v) is 2.85. The van der Waals surface area contributed by atoms with Crippen LogP contribution in [0.15, 0.2) is 18.2 Å². The number of nitrogens with zero attached hydrogens (tertiary/aromatic N) is 2. The molecule has 1 aliphatic rings. The average Bonchev–Trinajstić information content (AvgIpc) is 2.53. The van der Waals surface area contributed by atoms with Crippen molar-refractivity contribution in [3.63, 3.8) is 0 Å². The Balaban J connectivity index is 1.68. The third-order valence-electron chi connectivity index (χ3n) is 4.06. The van der Waals surface area contributed by atoms with E-state index in [2.05, 4.69) is 15.5 Å². The molecule has 0 bridgehead atoms. The molecule has 2 amide bonds. The van der Waals surface area contributed by atoms with Gasteiger partial charge in [0, 0.05) is 44.8 Å². The Morgan fingerprint density at radius 1 is 0.962 bits per heavy atom. The predicted molar refractivity (Wildman–Crippen MR) is 94.4 cm³/mol. The molecular formula is C18H26F2N4O2. The van der Waals surface area contributed by atoms with Crippen molar-refractivity contribution in [1.82, 2.24) is 20.4 Å². The van der Waals surface area contributed by atoms with Crippen LogP contribution < -0.4 is 10.6 Å². The Morgan fingerprint density at radius 3 is 1.96 bits per heavy atom.